The van der Waals surface area contributed by atoms with Crippen molar-refractivity contribution < 1.29 is 9.13 Å². The number of hydrogen-bond donors (Lipinski definition) is 2. The zero-order valence-electron chi connectivity index (χ0n) is 9.50. The Morgan fingerprint density at radius 1 is 1.38 bits per heavy atom. The summed E-state index contributed by atoms with van der Waals surface area (Å²) in [6.45, 7) is 1.77. The molecule has 90 valence electrons. The van der Waals surface area contributed by atoms with Gasteiger partial charge in [0.1, 0.15) is 11.6 Å². The molecule has 0 aliphatic carbocycles. The van der Waals surface area contributed by atoms with Crippen LogP contribution in [0.3, 0.4) is 0 Å². The van der Waals surface area contributed by atoms with Gasteiger partial charge in [0.25, 0.3) is 0 Å². The molecule has 16 heavy (non-hydrogen) atoms. The molecule has 4 heteroatoms. The van der Waals surface area contributed by atoms with Crippen molar-refractivity contribution in [2.75, 3.05) is 26.0 Å². The van der Waals surface area contributed by atoms with Crippen molar-refractivity contribution in [3.63, 3.8) is 0 Å². The van der Waals surface area contributed by atoms with Gasteiger partial charge in [-0.3, -0.25) is 0 Å². The molecule has 0 heterocycles. The number of halogens is 1. The van der Waals surface area contributed by atoms with Crippen LogP contribution in [0.2, 0.25) is 0 Å². The summed E-state index contributed by atoms with van der Waals surface area (Å²) < 4.78 is 18.2. The molecule has 1 aromatic rings. The number of thiol groups is 1. The third-order valence-electron chi connectivity index (χ3n) is 2.33. The summed E-state index contributed by atoms with van der Waals surface area (Å²) >= 11 is 4.13. The number of nitrogens with one attached hydrogen (secondary N) is 1. The average Bonchev–Trinajstić information content (AvgIpc) is 2.29. The van der Waals surface area contributed by atoms with Gasteiger partial charge < -0.3 is 10.1 Å². The van der Waals surface area contributed by atoms with Crippen molar-refractivity contribution in [1.82, 2.24) is 5.32 Å². The predicted molar refractivity (Wildman–Crippen MR) is 68.0 cm³/mol. The fourth-order valence-electron chi connectivity index (χ4n) is 1.49. The molecule has 0 amide bonds. The van der Waals surface area contributed by atoms with Crippen molar-refractivity contribution in [2.45, 2.75) is 12.8 Å². The van der Waals surface area contributed by atoms with Gasteiger partial charge in [0.05, 0.1) is 7.11 Å². The summed E-state index contributed by atoms with van der Waals surface area (Å²) in [6, 6.07) is 4.61. The van der Waals surface area contributed by atoms with Gasteiger partial charge in [-0.05, 0) is 55.4 Å². The minimum Gasteiger partial charge on any atom is -0.496 e. The van der Waals surface area contributed by atoms with E-state index < -0.39 is 0 Å². The molecule has 0 bridgehead atoms. The lowest BCUT2D eigenvalue weighted by atomic mass is 10.1. The molecule has 0 aromatic heterocycles. The van der Waals surface area contributed by atoms with Gasteiger partial charge in [-0.25, -0.2) is 4.39 Å². The lowest BCUT2D eigenvalue weighted by molar-refractivity contribution is 0.407. The molecular weight excluding hydrogens is 225 g/mol. The van der Waals surface area contributed by atoms with Crippen LogP contribution in [0, 0.1) is 5.82 Å². The molecule has 2 nitrogen and oxygen atoms in total. The molecule has 1 aromatic carbocycles. The summed E-state index contributed by atoms with van der Waals surface area (Å²) in [5.74, 6) is 1.42. The highest BCUT2D eigenvalue weighted by molar-refractivity contribution is 7.80. The van der Waals surface area contributed by atoms with E-state index in [9.17, 15) is 4.39 Å². The number of methoxy groups -OCH3 is 1. The van der Waals surface area contributed by atoms with Crippen molar-refractivity contribution in [3.05, 3.63) is 29.6 Å². The van der Waals surface area contributed by atoms with E-state index in [-0.39, 0.29) is 5.82 Å². The van der Waals surface area contributed by atoms with Gasteiger partial charge in [-0.1, -0.05) is 0 Å². The molecule has 0 radical (unpaired) electrons. The van der Waals surface area contributed by atoms with Gasteiger partial charge in [-0.2, -0.15) is 12.6 Å². The van der Waals surface area contributed by atoms with Crippen molar-refractivity contribution >= 4 is 12.6 Å². The van der Waals surface area contributed by atoms with Crippen LogP contribution in [0.25, 0.3) is 0 Å². The molecule has 0 aliphatic rings. The van der Waals surface area contributed by atoms with Crippen LogP contribution >= 0.6 is 12.6 Å². The highest BCUT2D eigenvalue weighted by Crippen LogP contribution is 2.19. The second-order valence-corrected chi connectivity index (χ2v) is 3.98. The Balaban J connectivity index is 2.42. The van der Waals surface area contributed by atoms with E-state index in [4.69, 9.17) is 4.74 Å². The smallest absolute Gasteiger partial charge is 0.123 e. The fraction of sp³-hybridized carbons (Fsp3) is 0.500. The van der Waals surface area contributed by atoms with Crippen LogP contribution in [0.1, 0.15) is 12.0 Å². The van der Waals surface area contributed by atoms with Gasteiger partial charge in [-0.15, -0.1) is 0 Å². The first-order valence-corrected chi connectivity index (χ1v) is 6.05. The largest absolute Gasteiger partial charge is 0.496 e. The summed E-state index contributed by atoms with van der Waals surface area (Å²) in [5.41, 5.74) is 0.904. The molecule has 0 atom stereocenters. The summed E-state index contributed by atoms with van der Waals surface area (Å²) in [7, 11) is 1.60. The Morgan fingerprint density at radius 3 is 2.88 bits per heavy atom. The second-order valence-electron chi connectivity index (χ2n) is 3.53. The Bertz CT molecular complexity index is 320. The SMILES string of the molecule is COc1ccc(F)cc1CCNCCCS. The molecule has 0 aliphatic heterocycles. The van der Waals surface area contributed by atoms with Crippen molar-refractivity contribution in [1.29, 1.82) is 0 Å². The van der Waals surface area contributed by atoms with Gasteiger partial charge >= 0.3 is 0 Å². The minimum absolute atomic E-state index is 0.217. The lowest BCUT2D eigenvalue weighted by Crippen LogP contribution is -2.19. The normalized spacial score (nSPS) is 10.4. The number of rotatable bonds is 7. The molecule has 0 saturated carbocycles. The molecule has 1 N–H and O–H groups in total. The van der Waals surface area contributed by atoms with E-state index >= 15 is 0 Å². The van der Waals surface area contributed by atoms with Crippen LogP contribution in [0.15, 0.2) is 18.2 Å². The Morgan fingerprint density at radius 2 is 2.19 bits per heavy atom. The van der Waals surface area contributed by atoms with Crippen LogP contribution in [-0.2, 0) is 6.42 Å². The second kappa shape index (κ2) is 7.52. The van der Waals surface area contributed by atoms with Crippen LogP contribution < -0.4 is 10.1 Å². The topological polar surface area (TPSA) is 21.3 Å². The highest BCUT2D eigenvalue weighted by Gasteiger charge is 2.03. The summed E-state index contributed by atoms with van der Waals surface area (Å²) in [4.78, 5) is 0. The van der Waals surface area contributed by atoms with E-state index in [0.29, 0.717) is 0 Å². The number of ether oxygens (including phenoxy) is 1. The third kappa shape index (κ3) is 4.41. The maximum atomic E-state index is 13.0. The Kier molecular flexibility index (Phi) is 6.26. The van der Waals surface area contributed by atoms with Crippen LogP contribution in [-0.4, -0.2) is 26.0 Å². The monoisotopic (exact) mass is 243 g/mol. The molecule has 0 spiro atoms. The molecular formula is C12H18FNOS. The molecule has 1 rings (SSSR count). The molecule has 0 saturated heterocycles. The highest BCUT2D eigenvalue weighted by atomic mass is 32.1. The van der Waals surface area contributed by atoms with E-state index in [2.05, 4.69) is 17.9 Å². The van der Waals surface area contributed by atoms with Gasteiger partial charge in [0, 0.05) is 0 Å². The zero-order valence-corrected chi connectivity index (χ0v) is 10.4. The fourth-order valence-corrected chi connectivity index (χ4v) is 1.65. The van der Waals surface area contributed by atoms with E-state index in [1.165, 1.54) is 12.1 Å². The van der Waals surface area contributed by atoms with Crippen LogP contribution in [0.4, 0.5) is 4.39 Å². The standard InChI is InChI=1S/C12H18FNOS/c1-15-12-4-3-11(13)9-10(12)5-7-14-6-2-8-16/h3-4,9,14,16H,2,5-8H2,1H3. The number of benzene rings is 1. The predicted octanol–water partition coefficient (Wildman–Crippen LogP) is 2.29. The lowest BCUT2D eigenvalue weighted by Gasteiger charge is -2.09. The molecule has 0 fully saturated rings. The first-order chi connectivity index (χ1) is 7.77. The van der Waals surface area contributed by atoms with Crippen molar-refractivity contribution in [3.8, 4) is 5.75 Å². The first-order valence-electron chi connectivity index (χ1n) is 5.42. The summed E-state index contributed by atoms with van der Waals surface area (Å²) in [5, 5.41) is 3.28. The average molecular weight is 243 g/mol. The number of hydrogen-bond acceptors (Lipinski definition) is 3. The third-order valence-corrected chi connectivity index (χ3v) is 2.64. The van der Waals surface area contributed by atoms with Crippen LogP contribution in [0.5, 0.6) is 5.75 Å². The van der Waals surface area contributed by atoms with Crippen molar-refractivity contribution in [2.24, 2.45) is 0 Å². The minimum atomic E-state index is -0.217. The Labute approximate surface area is 102 Å². The van der Waals surface area contributed by atoms with E-state index in [0.717, 1.165) is 43.0 Å². The quantitative estimate of drug-likeness (QED) is 0.566. The van der Waals surface area contributed by atoms with Gasteiger partial charge in [0.2, 0.25) is 0 Å². The Hall–Kier alpha value is -0.740. The van der Waals surface area contributed by atoms with Gasteiger partial charge in [0.15, 0.2) is 0 Å². The summed E-state index contributed by atoms with van der Waals surface area (Å²) in [6.07, 6.45) is 1.82. The molecule has 0 unspecified atom stereocenters. The maximum absolute atomic E-state index is 13.0. The first kappa shape index (κ1) is 13.3. The maximum Gasteiger partial charge on any atom is 0.123 e. The van der Waals surface area contributed by atoms with E-state index in [1.54, 1.807) is 13.2 Å². The van der Waals surface area contributed by atoms with E-state index in [1.807, 2.05) is 0 Å². The zero-order chi connectivity index (χ0) is 11.8.